The van der Waals surface area contributed by atoms with Gasteiger partial charge in [-0.25, -0.2) is 0 Å². The van der Waals surface area contributed by atoms with Crippen LogP contribution in [0, 0.1) is 23.7 Å². The summed E-state index contributed by atoms with van der Waals surface area (Å²) in [5, 5.41) is 0. The number of likely N-dealkylation sites (tertiary alicyclic amines) is 1. The van der Waals surface area contributed by atoms with E-state index >= 15 is 0 Å². The fourth-order valence-electron chi connectivity index (χ4n) is 6.20. The van der Waals surface area contributed by atoms with E-state index in [0.29, 0.717) is 25.0 Å². The second-order valence-corrected chi connectivity index (χ2v) is 8.16. The summed E-state index contributed by atoms with van der Waals surface area (Å²) in [7, 11) is 0. The van der Waals surface area contributed by atoms with Crippen LogP contribution in [0.4, 0.5) is 0 Å². The van der Waals surface area contributed by atoms with Crippen LogP contribution in [-0.2, 0) is 23.8 Å². The van der Waals surface area contributed by atoms with E-state index in [2.05, 4.69) is 0 Å². The van der Waals surface area contributed by atoms with Crippen molar-refractivity contribution in [2.75, 3.05) is 13.2 Å². The van der Waals surface area contributed by atoms with Gasteiger partial charge in [0.2, 0.25) is 11.8 Å². The third-order valence-electron chi connectivity index (χ3n) is 7.13. The fourth-order valence-corrected chi connectivity index (χ4v) is 6.20. The van der Waals surface area contributed by atoms with Crippen molar-refractivity contribution in [3.8, 4) is 0 Å². The first kappa shape index (κ1) is 14.0. The van der Waals surface area contributed by atoms with E-state index in [4.69, 9.17) is 14.2 Å². The molecule has 2 amide bonds. The Labute approximate surface area is 140 Å². The number of nitrogens with zero attached hydrogens (tertiary/aromatic N) is 1. The number of ether oxygens (including phenoxy) is 3. The maximum atomic E-state index is 13.3. The molecule has 6 heteroatoms. The Kier molecular flexibility index (Phi) is 2.61. The van der Waals surface area contributed by atoms with E-state index in [1.54, 1.807) is 4.90 Å². The van der Waals surface area contributed by atoms with E-state index in [0.717, 1.165) is 12.8 Å². The van der Waals surface area contributed by atoms with Gasteiger partial charge in [-0.2, -0.15) is 0 Å². The molecule has 5 fully saturated rings. The summed E-state index contributed by atoms with van der Waals surface area (Å²) in [6.45, 7) is 1.01. The van der Waals surface area contributed by atoms with Crippen LogP contribution in [-0.4, -0.2) is 54.0 Å². The zero-order valence-electron chi connectivity index (χ0n) is 13.4. The number of hydrogen-bond donors (Lipinski definition) is 0. The predicted molar refractivity (Wildman–Crippen MR) is 80.5 cm³/mol. The molecule has 128 valence electrons. The number of fused-ring (bicyclic) bond motifs is 7. The Hall–Kier alpha value is -1.24. The maximum absolute atomic E-state index is 13.3. The summed E-state index contributed by atoms with van der Waals surface area (Å²) >= 11 is 0. The monoisotopic (exact) mass is 331 g/mol. The number of carbonyl (C=O) groups is 2. The minimum absolute atomic E-state index is 0.0308. The molecule has 7 unspecified atom stereocenters. The first-order chi connectivity index (χ1) is 11.7. The van der Waals surface area contributed by atoms with Gasteiger partial charge >= 0.3 is 0 Å². The summed E-state index contributed by atoms with van der Waals surface area (Å²) < 4.78 is 17.5. The maximum Gasteiger partial charge on any atom is 0.236 e. The first-order valence-corrected chi connectivity index (χ1v) is 9.16. The molecule has 0 aromatic heterocycles. The van der Waals surface area contributed by atoms with Crippen molar-refractivity contribution in [2.24, 2.45) is 23.7 Å². The summed E-state index contributed by atoms with van der Waals surface area (Å²) in [6.07, 6.45) is 7.50. The lowest BCUT2D eigenvalue weighted by Crippen LogP contribution is -2.51. The fraction of sp³-hybridized carbons (Fsp3) is 0.778. The van der Waals surface area contributed by atoms with Crippen LogP contribution in [0.25, 0.3) is 0 Å². The van der Waals surface area contributed by atoms with Crippen molar-refractivity contribution in [3.63, 3.8) is 0 Å². The molecule has 2 aliphatic carbocycles. The van der Waals surface area contributed by atoms with E-state index in [1.165, 1.54) is 12.8 Å². The highest BCUT2D eigenvalue weighted by atomic mass is 16.7. The number of rotatable bonds is 2. The molecule has 0 radical (unpaired) electrons. The lowest BCUT2D eigenvalue weighted by atomic mass is 9.76. The van der Waals surface area contributed by atoms with Crippen LogP contribution in [0.5, 0.6) is 0 Å². The van der Waals surface area contributed by atoms with Gasteiger partial charge in [-0.05, 0) is 37.2 Å². The van der Waals surface area contributed by atoms with Crippen molar-refractivity contribution in [1.82, 2.24) is 4.90 Å². The van der Waals surface area contributed by atoms with Gasteiger partial charge in [0.1, 0.15) is 0 Å². The summed E-state index contributed by atoms with van der Waals surface area (Å²) in [4.78, 5) is 28.0. The third kappa shape index (κ3) is 1.49. The van der Waals surface area contributed by atoms with Crippen LogP contribution >= 0.6 is 0 Å². The highest BCUT2D eigenvalue weighted by molar-refractivity contribution is 6.07. The lowest BCUT2D eigenvalue weighted by Gasteiger charge is -2.34. The molecule has 0 aromatic carbocycles. The van der Waals surface area contributed by atoms with E-state index < -0.39 is 23.7 Å². The Morgan fingerprint density at radius 1 is 1.08 bits per heavy atom. The largest absolute Gasteiger partial charge is 0.357 e. The normalized spacial score (nSPS) is 52.2. The summed E-state index contributed by atoms with van der Waals surface area (Å²) in [6, 6.07) is 0.108. The zero-order valence-corrected chi connectivity index (χ0v) is 13.4. The van der Waals surface area contributed by atoms with Gasteiger partial charge < -0.3 is 14.2 Å². The zero-order chi connectivity index (χ0) is 16.1. The smallest absolute Gasteiger partial charge is 0.236 e. The van der Waals surface area contributed by atoms with Crippen molar-refractivity contribution in [2.45, 2.75) is 49.7 Å². The van der Waals surface area contributed by atoms with Crippen molar-refractivity contribution in [3.05, 3.63) is 12.2 Å². The van der Waals surface area contributed by atoms with Crippen LogP contribution in [0.2, 0.25) is 0 Å². The standard InChI is InChI=1S/C18H21NO5/c20-15-13-12-3-4-18(24-12,17-22-5-6-23-17)14(13)16(21)19(15)11-8-9-1-2-10(11)7-9/h3-4,9-14,17H,1-2,5-8H2. The molecule has 2 saturated carbocycles. The highest BCUT2D eigenvalue weighted by Crippen LogP contribution is 2.57. The van der Waals surface area contributed by atoms with Crippen LogP contribution in [0.15, 0.2) is 12.2 Å². The molecule has 7 atom stereocenters. The molecule has 0 N–H and O–H groups in total. The SMILES string of the molecule is O=C1C2C3C=CC(C4OCCO4)(O3)C2C(=O)N1C1CC2CCC1C2. The average Bonchev–Trinajstić information content (AvgIpc) is 3.39. The minimum atomic E-state index is -0.912. The average molecular weight is 331 g/mol. The minimum Gasteiger partial charge on any atom is -0.357 e. The third-order valence-corrected chi connectivity index (χ3v) is 7.13. The number of imide groups is 1. The molecule has 6 aliphatic rings. The summed E-state index contributed by atoms with van der Waals surface area (Å²) in [5.74, 6) is 0.229. The first-order valence-electron chi connectivity index (χ1n) is 9.16. The van der Waals surface area contributed by atoms with Crippen LogP contribution in [0.3, 0.4) is 0 Å². The molecule has 4 heterocycles. The molecule has 0 spiro atoms. The highest BCUT2D eigenvalue weighted by Gasteiger charge is 2.72. The van der Waals surface area contributed by atoms with Gasteiger partial charge in [0.05, 0.1) is 31.2 Å². The van der Waals surface area contributed by atoms with Crippen molar-refractivity contribution >= 4 is 11.8 Å². The quantitative estimate of drug-likeness (QED) is 0.555. The molecule has 24 heavy (non-hydrogen) atoms. The Morgan fingerprint density at radius 2 is 1.92 bits per heavy atom. The molecular formula is C18H21NO5. The number of carbonyl (C=O) groups excluding carboxylic acids is 2. The van der Waals surface area contributed by atoms with Gasteiger partial charge in [0.25, 0.3) is 0 Å². The molecule has 3 saturated heterocycles. The van der Waals surface area contributed by atoms with Crippen molar-refractivity contribution in [1.29, 1.82) is 0 Å². The second-order valence-electron chi connectivity index (χ2n) is 8.16. The van der Waals surface area contributed by atoms with E-state index in [-0.39, 0.29) is 24.0 Å². The van der Waals surface area contributed by atoms with Gasteiger partial charge in [-0.15, -0.1) is 0 Å². The van der Waals surface area contributed by atoms with E-state index in [9.17, 15) is 9.59 Å². The topological polar surface area (TPSA) is 65.1 Å². The van der Waals surface area contributed by atoms with Gasteiger partial charge in [0, 0.05) is 6.04 Å². The lowest BCUT2D eigenvalue weighted by molar-refractivity contribution is -0.184. The van der Waals surface area contributed by atoms with Gasteiger partial charge in [0.15, 0.2) is 11.9 Å². The second kappa shape index (κ2) is 4.48. The Balaban J connectivity index is 1.37. The predicted octanol–water partition coefficient (Wildman–Crippen LogP) is 0.856. The van der Waals surface area contributed by atoms with Gasteiger partial charge in [-0.3, -0.25) is 14.5 Å². The molecular weight excluding hydrogens is 310 g/mol. The molecule has 6 rings (SSSR count). The number of hydrogen-bond acceptors (Lipinski definition) is 5. The molecule has 4 aliphatic heterocycles. The van der Waals surface area contributed by atoms with Crippen molar-refractivity contribution < 1.29 is 23.8 Å². The molecule has 4 bridgehead atoms. The number of amides is 2. The van der Waals surface area contributed by atoms with Crippen LogP contribution in [0.1, 0.15) is 25.7 Å². The Morgan fingerprint density at radius 3 is 2.62 bits per heavy atom. The Bertz CT molecular complexity index is 656. The summed E-state index contributed by atoms with van der Waals surface area (Å²) in [5.41, 5.74) is -0.912. The molecule has 6 nitrogen and oxygen atoms in total. The van der Waals surface area contributed by atoms with Crippen LogP contribution < -0.4 is 0 Å². The van der Waals surface area contributed by atoms with E-state index in [1.807, 2.05) is 12.2 Å². The molecule has 0 aromatic rings. The van der Waals surface area contributed by atoms with Gasteiger partial charge in [-0.1, -0.05) is 12.5 Å².